The molecule has 1 aliphatic rings. The standard InChI is InChI=1S/C7H10N2O.C5H12O.C2H6/c1-7(4-8)2-3-9(5-7)6-10;1-5(2,3)6-4;1-2/h6H,2-3,5H2,1H3;1-4H3;1-2H3. The Balaban J connectivity index is 0. The van der Waals surface area contributed by atoms with E-state index in [9.17, 15) is 4.79 Å². The molecule has 0 aromatic rings. The fraction of sp³-hybridized carbons (Fsp3) is 0.857. The number of hydrogen-bond acceptors (Lipinski definition) is 3. The molecule has 4 heteroatoms. The van der Waals surface area contributed by atoms with E-state index in [1.807, 2.05) is 41.5 Å². The van der Waals surface area contributed by atoms with Gasteiger partial charge in [-0.1, -0.05) is 13.8 Å². The minimum absolute atomic E-state index is 0.0417. The van der Waals surface area contributed by atoms with Crippen molar-refractivity contribution >= 4 is 6.41 Å². The van der Waals surface area contributed by atoms with Crippen molar-refractivity contribution in [3.05, 3.63) is 0 Å². The monoisotopic (exact) mass is 256 g/mol. The molecule has 1 fully saturated rings. The van der Waals surface area contributed by atoms with E-state index >= 15 is 0 Å². The minimum atomic E-state index is -0.291. The summed E-state index contributed by atoms with van der Waals surface area (Å²) in [5, 5.41) is 8.65. The van der Waals surface area contributed by atoms with Crippen LogP contribution in [0.4, 0.5) is 0 Å². The summed E-state index contributed by atoms with van der Waals surface area (Å²) in [5.74, 6) is 0. The lowest BCUT2D eigenvalue weighted by Crippen LogP contribution is -2.22. The maximum atomic E-state index is 10.2. The van der Waals surface area contributed by atoms with Crippen molar-refractivity contribution in [2.24, 2.45) is 5.41 Å². The molecule has 0 aliphatic carbocycles. The highest BCUT2D eigenvalue weighted by Crippen LogP contribution is 2.27. The van der Waals surface area contributed by atoms with Crippen LogP contribution in [0, 0.1) is 16.7 Å². The van der Waals surface area contributed by atoms with Gasteiger partial charge in [0.05, 0.1) is 17.1 Å². The summed E-state index contributed by atoms with van der Waals surface area (Å²) in [6.45, 7) is 13.3. The molecule has 0 aromatic carbocycles. The Bertz CT molecular complexity index is 266. The number of carbonyl (C=O) groups is 1. The molecule has 0 spiro atoms. The smallest absolute Gasteiger partial charge is 0.209 e. The Kier molecular flexibility index (Phi) is 9.56. The van der Waals surface area contributed by atoms with Gasteiger partial charge in [0.2, 0.25) is 6.41 Å². The van der Waals surface area contributed by atoms with Gasteiger partial charge in [-0.05, 0) is 34.1 Å². The molecule has 0 aromatic heterocycles. The van der Waals surface area contributed by atoms with Crippen LogP contribution in [0.1, 0.15) is 48.0 Å². The van der Waals surface area contributed by atoms with E-state index in [1.54, 1.807) is 12.0 Å². The van der Waals surface area contributed by atoms with Gasteiger partial charge < -0.3 is 9.64 Å². The lowest BCUT2D eigenvalue weighted by Gasteiger charge is -2.14. The largest absolute Gasteiger partial charge is 0.379 e. The van der Waals surface area contributed by atoms with Crippen molar-refractivity contribution in [3.8, 4) is 6.07 Å². The van der Waals surface area contributed by atoms with Crippen molar-refractivity contribution < 1.29 is 9.53 Å². The Labute approximate surface area is 112 Å². The molecule has 1 unspecified atom stereocenters. The second kappa shape index (κ2) is 8.93. The summed E-state index contributed by atoms with van der Waals surface area (Å²) >= 11 is 0. The van der Waals surface area contributed by atoms with Crippen LogP contribution in [0.2, 0.25) is 0 Å². The molecule has 4 nitrogen and oxygen atoms in total. The SMILES string of the molecule is CC.CC1(C#N)CCN(C=O)C1.COC(C)(C)C. The van der Waals surface area contributed by atoms with Gasteiger partial charge in [-0.3, -0.25) is 4.79 Å². The van der Waals surface area contributed by atoms with Crippen LogP contribution in [0.3, 0.4) is 0 Å². The van der Waals surface area contributed by atoms with E-state index in [0.29, 0.717) is 6.54 Å². The second-order valence-corrected chi connectivity index (χ2v) is 5.31. The van der Waals surface area contributed by atoms with Crippen molar-refractivity contribution in [1.82, 2.24) is 4.90 Å². The molecule has 0 radical (unpaired) electrons. The molecule has 0 N–H and O–H groups in total. The Morgan fingerprint density at radius 3 is 2.00 bits per heavy atom. The first kappa shape index (κ1) is 19.3. The number of rotatable bonds is 1. The molecular formula is C14H28N2O2. The van der Waals surface area contributed by atoms with Crippen LogP contribution in [-0.2, 0) is 9.53 Å². The fourth-order valence-corrected chi connectivity index (χ4v) is 1.18. The Hall–Kier alpha value is -1.08. The lowest BCUT2D eigenvalue weighted by molar-refractivity contribution is -0.117. The van der Waals surface area contributed by atoms with E-state index in [2.05, 4.69) is 6.07 Å². The van der Waals surface area contributed by atoms with Crippen molar-refractivity contribution in [1.29, 1.82) is 5.26 Å². The minimum Gasteiger partial charge on any atom is -0.379 e. The van der Waals surface area contributed by atoms with E-state index in [-0.39, 0.29) is 11.0 Å². The highest BCUT2D eigenvalue weighted by atomic mass is 16.5. The van der Waals surface area contributed by atoms with Gasteiger partial charge in [0.25, 0.3) is 0 Å². The number of methoxy groups -OCH3 is 1. The average Bonchev–Trinajstić information content (AvgIpc) is 2.74. The van der Waals surface area contributed by atoms with Gasteiger partial charge >= 0.3 is 0 Å². The number of carbonyl (C=O) groups excluding carboxylic acids is 1. The first-order valence-electron chi connectivity index (χ1n) is 6.42. The molecule has 1 rings (SSSR count). The topological polar surface area (TPSA) is 53.3 Å². The van der Waals surface area contributed by atoms with E-state index in [1.165, 1.54) is 0 Å². The maximum Gasteiger partial charge on any atom is 0.209 e. The molecule has 0 saturated carbocycles. The number of amides is 1. The summed E-state index contributed by atoms with van der Waals surface area (Å²) in [6, 6.07) is 2.20. The quantitative estimate of drug-likeness (QED) is 0.678. The van der Waals surface area contributed by atoms with Gasteiger partial charge in [0, 0.05) is 20.2 Å². The first-order chi connectivity index (χ1) is 8.26. The van der Waals surface area contributed by atoms with Crippen molar-refractivity contribution in [2.75, 3.05) is 20.2 Å². The average molecular weight is 256 g/mol. The predicted octanol–water partition coefficient (Wildman–Crippen LogP) is 2.84. The maximum absolute atomic E-state index is 10.2. The third kappa shape index (κ3) is 9.00. The lowest BCUT2D eigenvalue weighted by atomic mass is 9.92. The van der Waals surface area contributed by atoms with Gasteiger partial charge in [-0.25, -0.2) is 0 Å². The van der Waals surface area contributed by atoms with Gasteiger partial charge in [0.1, 0.15) is 0 Å². The zero-order valence-corrected chi connectivity index (χ0v) is 12.9. The number of hydrogen-bond donors (Lipinski definition) is 0. The van der Waals surface area contributed by atoms with Crippen LogP contribution in [0.15, 0.2) is 0 Å². The molecular weight excluding hydrogens is 228 g/mol. The highest BCUT2D eigenvalue weighted by molar-refractivity contribution is 5.48. The zero-order valence-electron chi connectivity index (χ0n) is 12.9. The highest BCUT2D eigenvalue weighted by Gasteiger charge is 2.32. The van der Waals surface area contributed by atoms with E-state index in [4.69, 9.17) is 10.00 Å². The molecule has 18 heavy (non-hydrogen) atoms. The number of ether oxygens (including phenoxy) is 1. The van der Waals surface area contributed by atoms with Crippen molar-refractivity contribution in [3.63, 3.8) is 0 Å². The van der Waals surface area contributed by atoms with Crippen LogP contribution in [0.5, 0.6) is 0 Å². The number of nitriles is 1. The van der Waals surface area contributed by atoms with Gasteiger partial charge in [-0.2, -0.15) is 5.26 Å². The molecule has 1 amide bonds. The first-order valence-corrected chi connectivity index (χ1v) is 6.42. The summed E-state index contributed by atoms with van der Waals surface area (Å²) in [6.07, 6.45) is 1.62. The number of likely N-dealkylation sites (tertiary alicyclic amines) is 1. The van der Waals surface area contributed by atoms with Crippen LogP contribution < -0.4 is 0 Å². The second-order valence-electron chi connectivity index (χ2n) is 5.31. The normalized spacial score (nSPS) is 22.0. The van der Waals surface area contributed by atoms with Crippen LogP contribution in [0.25, 0.3) is 0 Å². The summed E-state index contributed by atoms with van der Waals surface area (Å²) in [4.78, 5) is 11.9. The van der Waals surface area contributed by atoms with Gasteiger partial charge in [-0.15, -0.1) is 0 Å². The zero-order chi connectivity index (χ0) is 14.8. The third-order valence-corrected chi connectivity index (χ3v) is 2.53. The molecule has 1 aliphatic heterocycles. The van der Waals surface area contributed by atoms with Crippen LogP contribution >= 0.6 is 0 Å². The summed E-state index contributed by atoms with van der Waals surface area (Å²) in [5.41, 5.74) is -0.249. The summed E-state index contributed by atoms with van der Waals surface area (Å²) in [7, 11) is 1.71. The number of nitrogens with zero attached hydrogens (tertiary/aromatic N) is 2. The van der Waals surface area contributed by atoms with Crippen LogP contribution in [-0.4, -0.2) is 37.1 Å². The van der Waals surface area contributed by atoms with Gasteiger partial charge in [0.15, 0.2) is 0 Å². The molecule has 1 atom stereocenters. The molecule has 106 valence electrons. The van der Waals surface area contributed by atoms with Crippen molar-refractivity contribution in [2.45, 2.75) is 53.6 Å². The molecule has 1 saturated heterocycles. The predicted molar refractivity (Wildman–Crippen MR) is 74.1 cm³/mol. The fourth-order valence-electron chi connectivity index (χ4n) is 1.18. The molecule has 0 bridgehead atoms. The Morgan fingerprint density at radius 2 is 1.83 bits per heavy atom. The molecule has 1 heterocycles. The Morgan fingerprint density at radius 1 is 1.39 bits per heavy atom. The van der Waals surface area contributed by atoms with E-state index < -0.39 is 0 Å². The third-order valence-electron chi connectivity index (χ3n) is 2.53. The summed E-state index contributed by atoms with van der Waals surface area (Å²) < 4.78 is 4.94. The van der Waals surface area contributed by atoms with E-state index in [0.717, 1.165) is 19.4 Å².